The number of para-hydroxylation sites is 1. The summed E-state index contributed by atoms with van der Waals surface area (Å²) in [5.74, 6) is 0. The fourth-order valence-electron chi connectivity index (χ4n) is 2.56. The second-order valence-electron chi connectivity index (χ2n) is 4.75. The number of rotatable bonds is 3. The van der Waals surface area contributed by atoms with Gasteiger partial charge in [0.2, 0.25) is 0 Å². The first kappa shape index (κ1) is 14.4. The van der Waals surface area contributed by atoms with Crippen molar-refractivity contribution in [2.75, 3.05) is 11.4 Å². The van der Waals surface area contributed by atoms with Crippen LogP contribution >= 0.6 is 12.4 Å². The van der Waals surface area contributed by atoms with E-state index in [0.29, 0.717) is 0 Å². The quantitative estimate of drug-likeness (QED) is 0.789. The first-order valence-electron chi connectivity index (χ1n) is 6.59. The maximum atomic E-state index is 3.91. The molecule has 0 radical (unpaired) electrons. The molecule has 0 aromatic heterocycles. The molecule has 1 aliphatic heterocycles. The number of hydrogen-bond donors (Lipinski definition) is 0. The SMILES string of the molecule is C=CC1=CCN(Cc2ccccc2)c2ccccc21.Cl. The van der Waals surface area contributed by atoms with E-state index < -0.39 is 0 Å². The van der Waals surface area contributed by atoms with Crippen LogP contribution in [0.2, 0.25) is 0 Å². The number of hydrogen-bond acceptors (Lipinski definition) is 1. The second-order valence-corrected chi connectivity index (χ2v) is 4.75. The van der Waals surface area contributed by atoms with Gasteiger partial charge in [0, 0.05) is 24.3 Å². The molecule has 0 spiro atoms. The van der Waals surface area contributed by atoms with Crippen LogP contribution in [0.25, 0.3) is 5.57 Å². The Balaban J connectivity index is 0.00000147. The summed E-state index contributed by atoms with van der Waals surface area (Å²) in [4.78, 5) is 2.40. The second kappa shape index (κ2) is 6.44. The largest absolute Gasteiger partial charge is 0.363 e. The van der Waals surface area contributed by atoms with E-state index in [1.807, 2.05) is 6.08 Å². The van der Waals surface area contributed by atoms with Gasteiger partial charge in [-0.05, 0) is 17.2 Å². The predicted octanol–water partition coefficient (Wildman–Crippen LogP) is 4.70. The first-order chi connectivity index (χ1) is 9.38. The van der Waals surface area contributed by atoms with Gasteiger partial charge in [0.25, 0.3) is 0 Å². The van der Waals surface area contributed by atoms with Crippen LogP contribution in [0.3, 0.4) is 0 Å². The van der Waals surface area contributed by atoms with Gasteiger partial charge >= 0.3 is 0 Å². The topological polar surface area (TPSA) is 3.24 Å². The van der Waals surface area contributed by atoms with Gasteiger partial charge in [-0.25, -0.2) is 0 Å². The van der Waals surface area contributed by atoms with E-state index in [0.717, 1.165) is 13.1 Å². The van der Waals surface area contributed by atoms with E-state index in [4.69, 9.17) is 0 Å². The maximum absolute atomic E-state index is 3.91. The van der Waals surface area contributed by atoms with Crippen molar-refractivity contribution < 1.29 is 0 Å². The maximum Gasteiger partial charge on any atom is 0.0451 e. The number of fused-ring (bicyclic) bond motifs is 1. The average Bonchev–Trinajstić information content (AvgIpc) is 2.49. The van der Waals surface area contributed by atoms with E-state index in [1.54, 1.807) is 0 Å². The van der Waals surface area contributed by atoms with Gasteiger partial charge in [-0.1, -0.05) is 67.3 Å². The molecule has 0 bridgehead atoms. The van der Waals surface area contributed by atoms with Crippen molar-refractivity contribution in [2.24, 2.45) is 0 Å². The summed E-state index contributed by atoms with van der Waals surface area (Å²) in [6.07, 6.45) is 4.19. The fraction of sp³-hybridized carbons (Fsp3) is 0.111. The molecule has 2 aromatic carbocycles. The summed E-state index contributed by atoms with van der Waals surface area (Å²) >= 11 is 0. The lowest BCUT2D eigenvalue weighted by Crippen LogP contribution is -2.26. The van der Waals surface area contributed by atoms with E-state index in [-0.39, 0.29) is 12.4 Å². The minimum Gasteiger partial charge on any atom is -0.363 e. The van der Waals surface area contributed by atoms with Crippen molar-refractivity contribution in [2.45, 2.75) is 6.54 Å². The van der Waals surface area contributed by atoms with Crippen LogP contribution in [0, 0.1) is 0 Å². The van der Waals surface area contributed by atoms with Crippen LogP contribution in [0.15, 0.2) is 73.3 Å². The van der Waals surface area contributed by atoms with Crippen molar-refractivity contribution in [3.8, 4) is 0 Å². The Bertz CT molecular complexity index is 616. The van der Waals surface area contributed by atoms with Crippen molar-refractivity contribution >= 4 is 23.7 Å². The zero-order chi connectivity index (χ0) is 13.1. The van der Waals surface area contributed by atoms with Gasteiger partial charge in [0.1, 0.15) is 0 Å². The summed E-state index contributed by atoms with van der Waals surface area (Å²) in [5, 5.41) is 0. The summed E-state index contributed by atoms with van der Waals surface area (Å²) in [6, 6.07) is 19.1. The van der Waals surface area contributed by atoms with Crippen LogP contribution in [0.1, 0.15) is 11.1 Å². The number of nitrogens with zero attached hydrogens (tertiary/aromatic N) is 1. The zero-order valence-corrected chi connectivity index (χ0v) is 12.1. The fourth-order valence-corrected chi connectivity index (χ4v) is 2.56. The Hall–Kier alpha value is -1.99. The van der Waals surface area contributed by atoms with Crippen LogP contribution < -0.4 is 4.90 Å². The molecule has 2 heteroatoms. The lowest BCUT2D eigenvalue weighted by atomic mass is 9.98. The molecule has 0 saturated carbocycles. The standard InChI is InChI=1S/C18H17N.ClH/c1-2-16-12-13-19(14-15-8-4-3-5-9-15)18-11-7-6-10-17(16)18;/h2-12H,1,13-14H2;1H. The molecule has 3 rings (SSSR count). The molecule has 0 N–H and O–H groups in total. The first-order valence-corrected chi connectivity index (χ1v) is 6.59. The third kappa shape index (κ3) is 2.78. The molecule has 0 atom stereocenters. The minimum atomic E-state index is 0. The highest BCUT2D eigenvalue weighted by Crippen LogP contribution is 2.32. The predicted molar refractivity (Wildman–Crippen MR) is 89.4 cm³/mol. The van der Waals surface area contributed by atoms with Crippen LogP contribution in [-0.2, 0) is 6.54 Å². The molecule has 0 fully saturated rings. The summed E-state index contributed by atoms with van der Waals surface area (Å²) in [7, 11) is 0. The number of allylic oxidation sites excluding steroid dienone is 2. The lowest BCUT2D eigenvalue weighted by Gasteiger charge is -2.30. The molecule has 0 saturated heterocycles. The molecule has 20 heavy (non-hydrogen) atoms. The highest BCUT2D eigenvalue weighted by Gasteiger charge is 2.16. The van der Waals surface area contributed by atoms with Gasteiger partial charge in [0.05, 0.1) is 0 Å². The van der Waals surface area contributed by atoms with Gasteiger partial charge in [0.15, 0.2) is 0 Å². The van der Waals surface area contributed by atoms with Crippen LogP contribution in [-0.4, -0.2) is 6.54 Å². The molecule has 1 heterocycles. The number of benzene rings is 2. The Kier molecular flexibility index (Phi) is 4.65. The van der Waals surface area contributed by atoms with Gasteiger partial charge in [-0.3, -0.25) is 0 Å². The van der Waals surface area contributed by atoms with Crippen molar-refractivity contribution in [1.29, 1.82) is 0 Å². The lowest BCUT2D eigenvalue weighted by molar-refractivity contribution is 0.859. The molecule has 0 aliphatic carbocycles. The molecule has 0 unspecified atom stereocenters. The summed E-state index contributed by atoms with van der Waals surface area (Å²) in [5.41, 5.74) is 5.15. The monoisotopic (exact) mass is 283 g/mol. The molecule has 0 amide bonds. The van der Waals surface area contributed by atoms with E-state index in [2.05, 4.69) is 72.2 Å². The minimum absolute atomic E-state index is 0. The average molecular weight is 284 g/mol. The summed E-state index contributed by atoms with van der Waals surface area (Å²) < 4.78 is 0. The third-order valence-electron chi connectivity index (χ3n) is 3.52. The van der Waals surface area contributed by atoms with Gasteiger partial charge in [-0.2, -0.15) is 0 Å². The molecule has 1 aliphatic rings. The molecule has 1 nitrogen and oxygen atoms in total. The molecular weight excluding hydrogens is 266 g/mol. The van der Waals surface area contributed by atoms with E-state index in [9.17, 15) is 0 Å². The molecule has 2 aromatic rings. The highest BCUT2D eigenvalue weighted by atomic mass is 35.5. The summed E-state index contributed by atoms with van der Waals surface area (Å²) in [6.45, 7) is 5.79. The zero-order valence-electron chi connectivity index (χ0n) is 11.3. The Morgan fingerprint density at radius 3 is 2.45 bits per heavy atom. The van der Waals surface area contributed by atoms with Crippen molar-refractivity contribution in [3.63, 3.8) is 0 Å². The Morgan fingerprint density at radius 1 is 1.00 bits per heavy atom. The van der Waals surface area contributed by atoms with Gasteiger partial charge < -0.3 is 4.90 Å². The van der Waals surface area contributed by atoms with E-state index in [1.165, 1.54) is 22.4 Å². The van der Waals surface area contributed by atoms with Gasteiger partial charge in [-0.15, -0.1) is 12.4 Å². The number of halogens is 1. The Labute approximate surface area is 126 Å². The third-order valence-corrected chi connectivity index (χ3v) is 3.52. The highest BCUT2D eigenvalue weighted by molar-refractivity contribution is 5.85. The molecule has 102 valence electrons. The van der Waals surface area contributed by atoms with Crippen molar-refractivity contribution in [3.05, 3.63) is 84.5 Å². The van der Waals surface area contributed by atoms with Crippen LogP contribution in [0.4, 0.5) is 5.69 Å². The normalized spacial score (nSPS) is 13.0. The smallest absolute Gasteiger partial charge is 0.0451 e. The molecular formula is C18H18ClN. The van der Waals surface area contributed by atoms with E-state index >= 15 is 0 Å². The Morgan fingerprint density at radius 2 is 1.70 bits per heavy atom. The number of anilines is 1. The van der Waals surface area contributed by atoms with Crippen molar-refractivity contribution in [1.82, 2.24) is 0 Å². The van der Waals surface area contributed by atoms with Crippen LogP contribution in [0.5, 0.6) is 0 Å².